The van der Waals surface area contributed by atoms with Crippen LogP contribution in [0.15, 0.2) is 18.7 Å². The topological polar surface area (TPSA) is 37.9 Å². The molecule has 1 rings (SSSR count). The molecule has 4 nitrogen and oxygen atoms in total. The van der Waals surface area contributed by atoms with Crippen LogP contribution in [0.5, 0.6) is 0 Å². The Hall–Kier alpha value is -1.32. The zero-order valence-electron chi connectivity index (χ0n) is 8.32. The Morgan fingerprint density at radius 1 is 1.69 bits per heavy atom. The van der Waals surface area contributed by atoms with E-state index in [1.54, 1.807) is 7.05 Å². The number of aromatic nitrogens is 2. The Balaban J connectivity index is 2.84. The largest absolute Gasteiger partial charge is 0.355 e. The SMILES string of the molecule is CCC(C(=O)NC)n1cc[n+](C)c1. The van der Waals surface area contributed by atoms with Crippen LogP contribution in [0.3, 0.4) is 0 Å². The molecule has 0 saturated heterocycles. The minimum Gasteiger partial charge on any atom is -0.355 e. The van der Waals surface area contributed by atoms with Crippen molar-refractivity contribution >= 4 is 5.91 Å². The number of amides is 1. The second kappa shape index (κ2) is 4.07. The molecule has 13 heavy (non-hydrogen) atoms. The maximum absolute atomic E-state index is 11.4. The van der Waals surface area contributed by atoms with Crippen LogP contribution in [-0.4, -0.2) is 17.5 Å². The minimum absolute atomic E-state index is 0.0544. The third kappa shape index (κ3) is 2.08. The first-order valence-electron chi connectivity index (χ1n) is 4.43. The second-order valence-electron chi connectivity index (χ2n) is 3.06. The quantitative estimate of drug-likeness (QED) is 0.657. The van der Waals surface area contributed by atoms with Gasteiger partial charge in [0, 0.05) is 7.05 Å². The molecular weight excluding hydrogens is 166 g/mol. The summed E-state index contributed by atoms with van der Waals surface area (Å²) in [6, 6.07) is -0.0915. The van der Waals surface area contributed by atoms with Crippen LogP contribution in [-0.2, 0) is 11.8 Å². The van der Waals surface area contributed by atoms with Crippen LogP contribution >= 0.6 is 0 Å². The smallest absolute Gasteiger partial charge is 0.265 e. The zero-order chi connectivity index (χ0) is 9.84. The summed E-state index contributed by atoms with van der Waals surface area (Å²) < 4.78 is 3.84. The van der Waals surface area contributed by atoms with Gasteiger partial charge in [0.05, 0.1) is 7.05 Å². The van der Waals surface area contributed by atoms with Crippen molar-refractivity contribution in [1.29, 1.82) is 0 Å². The van der Waals surface area contributed by atoms with Gasteiger partial charge in [0.1, 0.15) is 12.4 Å². The molecule has 4 heteroatoms. The summed E-state index contributed by atoms with van der Waals surface area (Å²) in [5, 5.41) is 2.65. The van der Waals surface area contributed by atoms with Gasteiger partial charge in [-0.15, -0.1) is 0 Å². The highest BCUT2D eigenvalue weighted by Crippen LogP contribution is 2.09. The Kier molecular flexibility index (Phi) is 3.06. The van der Waals surface area contributed by atoms with E-state index in [1.165, 1.54) is 0 Å². The number of carbonyl (C=O) groups excluding carboxylic acids is 1. The van der Waals surface area contributed by atoms with E-state index in [0.717, 1.165) is 6.42 Å². The van der Waals surface area contributed by atoms with Gasteiger partial charge < -0.3 is 5.32 Å². The van der Waals surface area contributed by atoms with Crippen molar-refractivity contribution in [2.75, 3.05) is 7.05 Å². The average Bonchev–Trinajstić information content (AvgIpc) is 2.53. The fraction of sp³-hybridized carbons (Fsp3) is 0.556. The molecule has 0 aliphatic carbocycles. The normalized spacial score (nSPS) is 12.5. The van der Waals surface area contributed by atoms with Crippen LogP contribution in [0.4, 0.5) is 0 Å². The number of hydrogen-bond acceptors (Lipinski definition) is 1. The van der Waals surface area contributed by atoms with Crippen LogP contribution < -0.4 is 9.88 Å². The number of hydrogen-bond donors (Lipinski definition) is 1. The first kappa shape index (κ1) is 9.77. The molecule has 1 aromatic heterocycles. The number of aryl methyl sites for hydroxylation is 1. The fourth-order valence-corrected chi connectivity index (χ4v) is 1.35. The van der Waals surface area contributed by atoms with Crippen molar-refractivity contribution in [3.63, 3.8) is 0 Å². The monoisotopic (exact) mass is 182 g/mol. The Morgan fingerprint density at radius 2 is 2.38 bits per heavy atom. The molecule has 0 aliphatic rings. The molecule has 72 valence electrons. The molecule has 1 aromatic rings. The second-order valence-corrected chi connectivity index (χ2v) is 3.06. The molecule has 1 unspecified atom stereocenters. The lowest BCUT2D eigenvalue weighted by Gasteiger charge is -2.08. The third-order valence-corrected chi connectivity index (χ3v) is 2.09. The molecule has 0 saturated carbocycles. The molecule has 1 amide bonds. The van der Waals surface area contributed by atoms with E-state index in [2.05, 4.69) is 5.32 Å². The van der Waals surface area contributed by atoms with Gasteiger partial charge in [-0.3, -0.25) is 4.79 Å². The highest BCUT2D eigenvalue weighted by molar-refractivity contribution is 5.79. The van der Waals surface area contributed by atoms with E-state index >= 15 is 0 Å². The third-order valence-electron chi connectivity index (χ3n) is 2.09. The summed E-state index contributed by atoms with van der Waals surface area (Å²) in [6.45, 7) is 2.00. The molecular formula is C9H16N3O+. The highest BCUT2D eigenvalue weighted by atomic mass is 16.2. The number of carbonyl (C=O) groups is 1. The summed E-state index contributed by atoms with van der Waals surface area (Å²) in [6.07, 6.45) is 6.53. The Labute approximate surface area is 78.2 Å². The predicted octanol–water partition coefficient (Wildman–Crippen LogP) is 0.00970. The molecule has 1 atom stereocenters. The molecule has 1 N–H and O–H groups in total. The van der Waals surface area contributed by atoms with Crippen LogP contribution in [0.2, 0.25) is 0 Å². The van der Waals surface area contributed by atoms with Gasteiger partial charge in [-0.1, -0.05) is 6.92 Å². The lowest BCUT2D eigenvalue weighted by atomic mass is 10.2. The Morgan fingerprint density at radius 3 is 2.77 bits per heavy atom. The molecule has 0 spiro atoms. The van der Waals surface area contributed by atoms with Crippen molar-refractivity contribution in [3.8, 4) is 0 Å². The van der Waals surface area contributed by atoms with E-state index in [0.29, 0.717) is 0 Å². The van der Waals surface area contributed by atoms with Gasteiger partial charge in [0.15, 0.2) is 6.04 Å². The van der Waals surface area contributed by atoms with Gasteiger partial charge in [-0.05, 0) is 6.42 Å². The number of rotatable bonds is 3. The maximum atomic E-state index is 11.4. The lowest BCUT2D eigenvalue weighted by Crippen LogP contribution is -2.30. The maximum Gasteiger partial charge on any atom is 0.265 e. The standard InChI is InChI=1S/C9H15N3O/c1-4-8(9(13)10-2)12-6-5-11(3)7-12/h5-8H,4H2,1-3H3/p+1. The van der Waals surface area contributed by atoms with Crippen LogP contribution in [0, 0.1) is 0 Å². The van der Waals surface area contributed by atoms with Crippen molar-refractivity contribution < 1.29 is 9.36 Å². The van der Waals surface area contributed by atoms with Crippen molar-refractivity contribution in [1.82, 2.24) is 9.88 Å². The van der Waals surface area contributed by atoms with E-state index in [-0.39, 0.29) is 11.9 Å². The molecule has 0 fully saturated rings. The van der Waals surface area contributed by atoms with E-state index in [4.69, 9.17) is 0 Å². The Bertz CT molecular complexity index is 293. The van der Waals surface area contributed by atoms with Crippen molar-refractivity contribution in [3.05, 3.63) is 18.7 Å². The molecule has 1 heterocycles. The molecule has 0 aliphatic heterocycles. The summed E-state index contributed by atoms with van der Waals surface area (Å²) in [5.74, 6) is 0.0544. The predicted molar refractivity (Wildman–Crippen MR) is 49.0 cm³/mol. The zero-order valence-corrected chi connectivity index (χ0v) is 8.32. The van der Waals surface area contributed by atoms with E-state index in [1.807, 2.05) is 41.8 Å². The van der Waals surface area contributed by atoms with Gasteiger partial charge in [0.2, 0.25) is 6.33 Å². The van der Waals surface area contributed by atoms with Crippen LogP contribution in [0.1, 0.15) is 19.4 Å². The van der Waals surface area contributed by atoms with Gasteiger partial charge in [-0.2, -0.15) is 0 Å². The number of imidazole rings is 1. The van der Waals surface area contributed by atoms with Crippen molar-refractivity contribution in [2.24, 2.45) is 7.05 Å². The first-order valence-corrected chi connectivity index (χ1v) is 4.43. The summed E-state index contributed by atoms with van der Waals surface area (Å²) in [7, 11) is 3.60. The molecule has 0 radical (unpaired) electrons. The van der Waals surface area contributed by atoms with E-state index < -0.39 is 0 Å². The van der Waals surface area contributed by atoms with Crippen LogP contribution in [0.25, 0.3) is 0 Å². The fourth-order valence-electron chi connectivity index (χ4n) is 1.35. The number of likely N-dealkylation sites (N-methyl/N-ethyl adjacent to an activating group) is 1. The molecule has 0 bridgehead atoms. The van der Waals surface area contributed by atoms with Gasteiger partial charge >= 0.3 is 0 Å². The van der Waals surface area contributed by atoms with E-state index in [9.17, 15) is 4.79 Å². The number of nitrogens with one attached hydrogen (secondary N) is 1. The number of nitrogens with zero attached hydrogens (tertiary/aromatic N) is 2. The molecule has 0 aromatic carbocycles. The van der Waals surface area contributed by atoms with Gasteiger partial charge in [-0.25, -0.2) is 9.13 Å². The summed E-state index contributed by atoms with van der Waals surface area (Å²) in [5.41, 5.74) is 0. The average molecular weight is 182 g/mol. The van der Waals surface area contributed by atoms with Gasteiger partial charge in [0.25, 0.3) is 5.91 Å². The first-order chi connectivity index (χ1) is 6.19. The lowest BCUT2D eigenvalue weighted by molar-refractivity contribution is -0.671. The summed E-state index contributed by atoms with van der Waals surface area (Å²) in [4.78, 5) is 11.4. The minimum atomic E-state index is -0.0915. The highest BCUT2D eigenvalue weighted by Gasteiger charge is 2.21. The summed E-state index contributed by atoms with van der Waals surface area (Å²) >= 11 is 0. The van der Waals surface area contributed by atoms with Crippen molar-refractivity contribution in [2.45, 2.75) is 19.4 Å².